The molecule has 1 aromatic rings. The van der Waals surface area contributed by atoms with Crippen LogP contribution in [0.25, 0.3) is 0 Å². The van der Waals surface area contributed by atoms with Crippen molar-refractivity contribution in [3.05, 3.63) is 23.3 Å². The number of esters is 1. The Labute approximate surface area is 114 Å². The summed E-state index contributed by atoms with van der Waals surface area (Å²) in [5, 5.41) is 0. The van der Waals surface area contributed by atoms with Crippen molar-refractivity contribution in [1.82, 2.24) is 9.97 Å². The Kier molecular flexibility index (Phi) is 4.51. The molecule has 0 spiro atoms. The minimum atomic E-state index is -0.0479. The molecule has 1 aliphatic rings. The van der Waals surface area contributed by atoms with Crippen LogP contribution in [0.15, 0.2) is 6.20 Å². The van der Waals surface area contributed by atoms with Gasteiger partial charge in [-0.1, -0.05) is 0 Å². The van der Waals surface area contributed by atoms with Gasteiger partial charge in [-0.2, -0.15) is 0 Å². The molecule has 1 fully saturated rings. The summed E-state index contributed by atoms with van der Waals surface area (Å²) in [4.78, 5) is 20.2. The summed E-state index contributed by atoms with van der Waals surface area (Å²) >= 11 is 0. The summed E-state index contributed by atoms with van der Waals surface area (Å²) in [6.07, 6.45) is 7.05. The van der Waals surface area contributed by atoms with E-state index in [2.05, 4.69) is 9.97 Å². The predicted molar refractivity (Wildman–Crippen MR) is 72.7 cm³/mol. The maximum absolute atomic E-state index is 11.5. The lowest BCUT2D eigenvalue weighted by Crippen LogP contribution is -2.24. The number of ether oxygens (including phenoxy) is 1. The normalized spacial score (nSPS) is 23.1. The quantitative estimate of drug-likeness (QED) is 0.786. The SMILES string of the molecule is COC(=O)[C@H]1CC[C@H](Cc2cnc(C)nc2C)CC1. The smallest absolute Gasteiger partial charge is 0.308 e. The highest BCUT2D eigenvalue weighted by Crippen LogP contribution is 2.31. The average molecular weight is 262 g/mol. The fourth-order valence-electron chi connectivity index (χ4n) is 2.89. The van der Waals surface area contributed by atoms with Gasteiger partial charge in [-0.25, -0.2) is 9.97 Å². The van der Waals surface area contributed by atoms with Gasteiger partial charge in [-0.15, -0.1) is 0 Å². The van der Waals surface area contributed by atoms with Crippen molar-refractivity contribution < 1.29 is 9.53 Å². The van der Waals surface area contributed by atoms with E-state index in [9.17, 15) is 4.79 Å². The van der Waals surface area contributed by atoms with Gasteiger partial charge in [0, 0.05) is 11.9 Å². The number of carbonyl (C=O) groups excluding carboxylic acids is 1. The highest BCUT2D eigenvalue weighted by Gasteiger charge is 2.27. The highest BCUT2D eigenvalue weighted by atomic mass is 16.5. The van der Waals surface area contributed by atoms with Gasteiger partial charge in [0.25, 0.3) is 0 Å². The van der Waals surface area contributed by atoms with E-state index in [1.54, 1.807) is 0 Å². The summed E-state index contributed by atoms with van der Waals surface area (Å²) in [6, 6.07) is 0. The van der Waals surface area contributed by atoms with Crippen LogP contribution in [0.1, 0.15) is 42.8 Å². The van der Waals surface area contributed by atoms with Crippen LogP contribution in [0.2, 0.25) is 0 Å². The van der Waals surface area contributed by atoms with E-state index in [1.165, 1.54) is 12.7 Å². The molecule has 104 valence electrons. The fourth-order valence-corrected chi connectivity index (χ4v) is 2.89. The molecule has 19 heavy (non-hydrogen) atoms. The highest BCUT2D eigenvalue weighted by molar-refractivity contribution is 5.72. The van der Waals surface area contributed by atoms with Gasteiger partial charge in [-0.3, -0.25) is 4.79 Å². The van der Waals surface area contributed by atoms with E-state index in [4.69, 9.17) is 4.74 Å². The predicted octanol–water partition coefficient (Wildman–Crippen LogP) is 2.62. The first kappa shape index (κ1) is 14.0. The van der Waals surface area contributed by atoms with Crippen molar-refractivity contribution in [3.8, 4) is 0 Å². The Morgan fingerprint density at radius 2 is 2.00 bits per heavy atom. The van der Waals surface area contributed by atoms with Crippen molar-refractivity contribution in [1.29, 1.82) is 0 Å². The molecule has 2 rings (SSSR count). The maximum atomic E-state index is 11.5. The van der Waals surface area contributed by atoms with E-state index >= 15 is 0 Å². The molecule has 1 heterocycles. The van der Waals surface area contributed by atoms with Crippen molar-refractivity contribution in [2.24, 2.45) is 11.8 Å². The lowest BCUT2D eigenvalue weighted by molar-refractivity contribution is -0.146. The first-order chi connectivity index (χ1) is 9.10. The van der Waals surface area contributed by atoms with E-state index < -0.39 is 0 Å². The van der Waals surface area contributed by atoms with Crippen molar-refractivity contribution in [2.75, 3.05) is 7.11 Å². The molecule has 4 heteroatoms. The lowest BCUT2D eigenvalue weighted by Gasteiger charge is -2.27. The number of methoxy groups -OCH3 is 1. The Morgan fingerprint density at radius 1 is 1.32 bits per heavy atom. The second-order valence-electron chi connectivity index (χ2n) is 5.47. The Morgan fingerprint density at radius 3 is 2.58 bits per heavy atom. The van der Waals surface area contributed by atoms with Gasteiger partial charge in [0.2, 0.25) is 0 Å². The second-order valence-corrected chi connectivity index (χ2v) is 5.47. The maximum Gasteiger partial charge on any atom is 0.308 e. The molecule has 0 atom stereocenters. The van der Waals surface area contributed by atoms with Crippen molar-refractivity contribution >= 4 is 5.97 Å². The molecule has 0 bridgehead atoms. The molecular weight excluding hydrogens is 240 g/mol. The van der Waals surface area contributed by atoms with E-state index in [0.717, 1.165) is 43.6 Å². The third kappa shape index (κ3) is 3.52. The zero-order chi connectivity index (χ0) is 13.8. The van der Waals surface area contributed by atoms with E-state index in [0.29, 0.717) is 5.92 Å². The second kappa shape index (κ2) is 6.13. The van der Waals surface area contributed by atoms with Crippen LogP contribution in [-0.4, -0.2) is 23.0 Å². The minimum Gasteiger partial charge on any atom is -0.469 e. The van der Waals surface area contributed by atoms with Crippen molar-refractivity contribution in [2.45, 2.75) is 46.0 Å². The summed E-state index contributed by atoms with van der Waals surface area (Å²) in [6.45, 7) is 3.96. The van der Waals surface area contributed by atoms with Gasteiger partial charge < -0.3 is 4.74 Å². The number of carbonyl (C=O) groups is 1. The number of hydrogen-bond acceptors (Lipinski definition) is 4. The molecular formula is C15H22N2O2. The lowest BCUT2D eigenvalue weighted by atomic mass is 9.79. The van der Waals surface area contributed by atoms with E-state index in [1.807, 2.05) is 20.0 Å². The summed E-state index contributed by atoms with van der Waals surface area (Å²) < 4.78 is 4.82. The van der Waals surface area contributed by atoms with E-state index in [-0.39, 0.29) is 11.9 Å². The van der Waals surface area contributed by atoms with Gasteiger partial charge in [0.05, 0.1) is 13.0 Å². The first-order valence-electron chi connectivity index (χ1n) is 6.97. The Balaban J connectivity index is 1.90. The average Bonchev–Trinajstić information content (AvgIpc) is 2.42. The minimum absolute atomic E-state index is 0.0479. The largest absolute Gasteiger partial charge is 0.469 e. The molecule has 1 aliphatic carbocycles. The fraction of sp³-hybridized carbons (Fsp3) is 0.667. The molecule has 4 nitrogen and oxygen atoms in total. The van der Waals surface area contributed by atoms with Crippen molar-refractivity contribution in [3.63, 3.8) is 0 Å². The number of rotatable bonds is 3. The third-order valence-corrected chi connectivity index (χ3v) is 4.09. The molecule has 0 unspecified atom stereocenters. The Hall–Kier alpha value is -1.45. The summed E-state index contributed by atoms with van der Waals surface area (Å²) in [7, 11) is 1.47. The number of aromatic nitrogens is 2. The van der Waals surface area contributed by atoms with Crippen LogP contribution in [0.5, 0.6) is 0 Å². The zero-order valence-corrected chi connectivity index (χ0v) is 12.0. The zero-order valence-electron chi connectivity index (χ0n) is 12.0. The molecule has 0 aromatic carbocycles. The number of aryl methyl sites for hydroxylation is 2. The van der Waals surface area contributed by atoms with Crippen LogP contribution in [-0.2, 0) is 16.0 Å². The van der Waals surface area contributed by atoms with Crippen LogP contribution >= 0.6 is 0 Å². The molecule has 0 aliphatic heterocycles. The summed E-state index contributed by atoms with van der Waals surface area (Å²) in [5.41, 5.74) is 2.33. The molecule has 0 radical (unpaired) electrons. The topological polar surface area (TPSA) is 52.1 Å². The summed E-state index contributed by atoms with van der Waals surface area (Å²) in [5.74, 6) is 1.53. The monoisotopic (exact) mass is 262 g/mol. The van der Waals surface area contributed by atoms with Crippen LogP contribution in [0.4, 0.5) is 0 Å². The standard InChI is InChI=1S/C15H22N2O2/c1-10-14(9-16-11(2)17-10)8-12-4-6-13(7-5-12)15(18)19-3/h9,12-13H,4-8H2,1-3H3/t12-,13-. The molecule has 0 amide bonds. The molecule has 1 saturated carbocycles. The Bertz CT molecular complexity index is 451. The van der Waals surface area contributed by atoms with Gasteiger partial charge in [-0.05, 0) is 57.4 Å². The molecule has 1 aromatic heterocycles. The number of hydrogen-bond donors (Lipinski definition) is 0. The number of nitrogens with zero attached hydrogens (tertiary/aromatic N) is 2. The van der Waals surface area contributed by atoms with Gasteiger partial charge >= 0.3 is 5.97 Å². The third-order valence-electron chi connectivity index (χ3n) is 4.09. The van der Waals surface area contributed by atoms with Crippen LogP contribution in [0, 0.1) is 25.7 Å². The van der Waals surface area contributed by atoms with Crippen LogP contribution in [0.3, 0.4) is 0 Å². The first-order valence-corrected chi connectivity index (χ1v) is 6.97. The van der Waals surface area contributed by atoms with Gasteiger partial charge in [0.15, 0.2) is 0 Å². The van der Waals surface area contributed by atoms with Gasteiger partial charge in [0.1, 0.15) is 5.82 Å². The molecule has 0 N–H and O–H groups in total. The van der Waals surface area contributed by atoms with Crippen LogP contribution < -0.4 is 0 Å². The molecule has 0 saturated heterocycles.